The Bertz CT molecular complexity index is 532. The fourth-order valence-corrected chi connectivity index (χ4v) is 2.86. The Morgan fingerprint density at radius 3 is 2.22 bits per heavy atom. The van der Waals surface area contributed by atoms with Gasteiger partial charge in [-0.15, -0.1) is 0 Å². The molecule has 0 spiro atoms. The van der Waals surface area contributed by atoms with E-state index in [1.165, 1.54) is 11.1 Å². The van der Waals surface area contributed by atoms with Gasteiger partial charge in [0.15, 0.2) is 0 Å². The van der Waals surface area contributed by atoms with Crippen LogP contribution in [0, 0.1) is 0 Å². The fraction of sp³-hybridized carbons (Fsp3) is 0.250. The maximum Gasteiger partial charge on any atom is 0.0438 e. The van der Waals surface area contributed by atoms with Crippen LogP contribution in [0.15, 0.2) is 54.6 Å². The van der Waals surface area contributed by atoms with Gasteiger partial charge in [0.05, 0.1) is 0 Å². The molecule has 0 radical (unpaired) electrons. The quantitative estimate of drug-likeness (QED) is 0.889. The number of hydrogen-bond acceptors (Lipinski definition) is 1. The molecule has 1 aliphatic heterocycles. The zero-order valence-corrected chi connectivity index (χ0v) is 11.0. The molecule has 1 saturated heterocycles. The molecule has 0 bridgehead atoms. The molecule has 1 nitrogen and oxygen atoms in total. The van der Waals surface area contributed by atoms with E-state index in [0.717, 1.165) is 24.5 Å². The van der Waals surface area contributed by atoms with E-state index in [0.29, 0.717) is 0 Å². The first-order valence-corrected chi connectivity index (χ1v) is 6.68. The highest BCUT2D eigenvalue weighted by Crippen LogP contribution is 2.34. The van der Waals surface area contributed by atoms with Crippen molar-refractivity contribution in [2.24, 2.45) is 0 Å². The normalized spacial score (nSPS) is 17.2. The van der Waals surface area contributed by atoms with E-state index in [1.54, 1.807) is 0 Å². The molecule has 0 amide bonds. The van der Waals surface area contributed by atoms with Crippen LogP contribution in [0.25, 0.3) is 0 Å². The average Bonchev–Trinajstić information content (AvgIpc) is 2.37. The largest absolute Gasteiger partial charge is 0.315 e. The van der Waals surface area contributed by atoms with Crippen LogP contribution >= 0.6 is 11.6 Å². The molecule has 0 unspecified atom stereocenters. The molecular formula is C16H16ClN. The Morgan fingerprint density at radius 2 is 1.61 bits per heavy atom. The van der Waals surface area contributed by atoms with Crippen LogP contribution in [0.1, 0.15) is 11.1 Å². The van der Waals surface area contributed by atoms with Gasteiger partial charge in [-0.25, -0.2) is 0 Å². The van der Waals surface area contributed by atoms with Crippen molar-refractivity contribution in [3.8, 4) is 0 Å². The van der Waals surface area contributed by atoms with Gasteiger partial charge in [-0.3, -0.25) is 0 Å². The second-order valence-corrected chi connectivity index (χ2v) is 5.43. The smallest absolute Gasteiger partial charge is 0.0438 e. The molecule has 1 aliphatic rings. The van der Waals surface area contributed by atoms with Gasteiger partial charge in [-0.2, -0.15) is 0 Å². The van der Waals surface area contributed by atoms with E-state index in [1.807, 2.05) is 12.1 Å². The molecule has 2 aromatic carbocycles. The van der Waals surface area contributed by atoms with Crippen molar-refractivity contribution in [1.29, 1.82) is 0 Å². The minimum absolute atomic E-state index is 0.215. The summed E-state index contributed by atoms with van der Waals surface area (Å²) in [6.07, 6.45) is 1.00. The summed E-state index contributed by atoms with van der Waals surface area (Å²) in [5.41, 5.74) is 2.86. The molecule has 0 aliphatic carbocycles. The van der Waals surface area contributed by atoms with Crippen molar-refractivity contribution >= 4 is 11.6 Å². The molecule has 0 saturated carbocycles. The van der Waals surface area contributed by atoms with Crippen LogP contribution in [-0.4, -0.2) is 13.1 Å². The number of rotatable bonds is 3. The lowest BCUT2D eigenvalue weighted by Crippen LogP contribution is -2.58. The molecule has 2 heteroatoms. The highest BCUT2D eigenvalue weighted by Gasteiger charge is 2.38. The lowest BCUT2D eigenvalue weighted by Gasteiger charge is -2.43. The van der Waals surface area contributed by atoms with Crippen LogP contribution in [0.5, 0.6) is 0 Å². The highest BCUT2D eigenvalue weighted by molar-refractivity contribution is 6.31. The Balaban J connectivity index is 1.92. The number of halogens is 1. The predicted molar refractivity (Wildman–Crippen MR) is 76.1 cm³/mol. The first kappa shape index (κ1) is 11.8. The minimum Gasteiger partial charge on any atom is -0.315 e. The average molecular weight is 258 g/mol. The first-order valence-electron chi connectivity index (χ1n) is 6.30. The molecule has 0 atom stereocenters. The van der Waals surface area contributed by atoms with E-state index in [9.17, 15) is 0 Å². The second kappa shape index (κ2) is 4.75. The van der Waals surface area contributed by atoms with E-state index in [4.69, 9.17) is 11.6 Å². The van der Waals surface area contributed by atoms with E-state index in [2.05, 4.69) is 47.8 Å². The van der Waals surface area contributed by atoms with Crippen LogP contribution in [0.4, 0.5) is 0 Å². The summed E-state index contributed by atoms with van der Waals surface area (Å²) in [7, 11) is 0. The number of benzene rings is 2. The van der Waals surface area contributed by atoms with Crippen molar-refractivity contribution in [1.82, 2.24) is 5.32 Å². The third-order valence-electron chi connectivity index (χ3n) is 3.80. The van der Waals surface area contributed by atoms with Crippen LogP contribution in [0.3, 0.4) is 0 Å². The third-order valence-corrected chi connectivity index (χ3v) is 4.17. The topological polar surface area (TPSA) is 12.0 Å². The Hall–Kier alpha value is -1.31. The van der Waals surface area contributed by atoms with Gasteiger partial charge < -0.3 is 5.32 Å². The summed E-state index contributed by atoms with van der Waals surface area (Å²) in [6.45, 7) is 2.06. The van der Waals surface area contributed by atoms with Gasteiger partial charge in [0, 0.05) is 23.5 Å². The molecule has 18 heavy (non-hydrogen) atoms. The lowest BCUT2D eigenvalue weighted by atomic mass is 9.71. The number of hydrogen-bond donors (Lipinski definition) is 1. The van der Waals surface area contributed by atoms with Crippen LogP contribution in [0.2, 0.25) is 5.02 Å². The van der Waals surface area contributed by atoms with Gasteiger partial charge in [-0.05, 0) is 23.6 Å². The van der Waals surface area contributed by atoms with E-state index >= 15 is 0 Å². The molecule has 0 aromatic heterocycles. The lowest BCUT2D eigenvalue weighted by molar-refractivity contribution is 0.275. The standard InChI is InChI=1S/C16H16ClN/c17-15-9-5-4-6-13(15)10-16(11-18-12-16)14-7-2-1-3-8-14/h1-9,18H,10-12H2. The first-order chi connectivity index (χ1) is 8.80. The van der Waals surface area contributed by atoms with Crippen molar-refractivity contribution in [3.63, 3.8) is 0 Å². The van der Waals surface area contributed by atoms with Gasteiger partial charge in [0.1, 0.15) is 0 Å². The Kier molecular flexibility index (Phi) is 3.11. The summed E-state index contributed by atoms with van der Waals surface area (Å²) in [6, 6.07) is 18.9. The molecule has 3 rings (SSSR count). The zero-order valence-electron chi connectivity index (χ0n) is 10.2. The summed E-state index contributed by atoms with van der Waals surface area (Å²) < 4.78 is 0. The van der Waals surface area contributed by atoms with Gasteiger partial charge in [0.2, 0.25) is 0 Å². The van der Waals surface area contributed by atoms with Crippen LogP contribution in [-0.2, 0) is 11.8 Å². The summed E-state index contributed by atoms with van der Waals surface area (Å²) in [5.74, 6) is 0. The van der Waals surface area contributed by atoms with Gasteiger partial charge in [0.25, 0.3) is 0 Å². The Morgan fingerprint density at radius 1 is 0.944 bits per heavy atom. The number of nitrogens with one attached hydrogen (secondary N) is 1. The summed E-state index contributed by atoms with van der Waals surface area (Å²) >= 11 is 6.28. The van der Waals surface area contributed by atoms with E-state index in [-0.39, 0.29) is 5.41 Å². The molecule has 1 heterocycles. The molecular weight excluding hydrogens is 242 g/mol. The zero-order chi connectivity index (χ0) is 12.4. The molecule has 2 aromatic rings. The molecule has 1 N–H and O–H groups in total. The Labute approximate surface area is 113 Å². The summed E-state index contributed by atoms with van der Waals surface area (Å²) in [4.78, 5) is 0. The van der Waals surface area contributed by atoms with Crippen molar-refractivity contribution in [2.45, 2.75) is 11.8 Å². The third kappa shape index (κ3) is 2.05. The van der Waals surface area contributed by atoms with Gasteiger partial charge >= 0.3 is 0 Å². The minimum atomic E-state index is 0.215. The van der Waals surface area contributed by atoms with E-state index < -0.39 is 0 Å². The second-order valence-electron chi connectivity index (χ2n) is 5.02. The van der Waals surface area contributed by atoms with Crippen LogP contribution < -0.4 is 5.32 Å². The summed E-state index contributed by atoms with van der Waals surface area (Å²) in [5, 5.41) is 4.27. The van der Waals surface area contributed by atoms with Crippen molar-refractivity contribution in [3.05, 3.63) is 70.7 Å². The van der Waals surface area contributed by atoms with Gasteiger partial charge in [-0.1, -0.05) is 60.1 Å². The monoisotopic (exact) mass is 257 g/mol. The maximum atomic E-state index is 6.28. The maximum absolute atomic E-state index is 6.28. The van der Waals surface area contributed by atoms with Crippen molar-refractivity contribution in [2.75, 3.05) is 13.1 Å². The molecule has 1 fully saturated rings. The predicted octanol–water partition coefficient (Wildman–Crippen LogP) is 3.42. The SMILES string of the molecule is Clc1ccccc1CC1(c2ccccc2)CNC1. The van der Waals surface area contributed by atoms with Crippen molar-refractivity contribution < 1.29 is 0 Å². The molecule has 92 valence electrons. The fourth-order valence-electron chi connectivity index (χ4n) is 2.66. The highest BCUT2D eigenvalue weighted by atomic mass is 35.5.